The summed E-state index contributed by atoms with van der Waals surface area (Å²) in [5.74, 6) is -1.82. The molecule has 0 unspecified atom stereocenters. The van der Waals surface area contributed by atoms with Gasteiger partial charge < -0.3 is 11.1 Å². The summed E-state index contributed by atoms with van der Waals surface area (Å²) in [5, 5.41) is 5.35. The predicted octanol–water partition coefficient (Wildman–Crippen LogP) is -0.779. The number of amides is 4. The first-order chi connectivity index (χ1) is 7.57. The molecule has 1 fully saturated rings. The zero-order valence-corrected chi connectivity index (χ0v) is 8.14. The average molecular weight is 218 g/mol. The van der Waals surface area contributed by atoms with Crippen molar-refractivity contribution in [2.75, 3.05) is 0 Å². The van der Waals surface area contributed by atoms with Gasteiger partial charge in [0, 0.05) is 0 Å². The van der Waals surface area contributed by atoms with E-state index in [1.54, 1.807) is 18.2 Å². The highest BCUT2D eigenvalue weighted by Crippen LogP contribution is 2.24. The molecule has 1 aromatic rings. The normalized spacial score (nSPS) is 23.8. The lowest BCUT2D eigenvalue weighted by molar-refractivity contribution is -0.134. The standard InChI is InChI=1S/C10H8N3O3/c11-7(14)10(6-4-2-1-3-5-6)8(15)12-9(16)13-10/h1-5H,(H2,11,14)(H,13,16)/t10-/m1/s1. The van der Waals surface area contributed by atoms with E-state index in [0.717, 1.165) is 0 Å². The quantitative estimate of drug-likeness (QED) is 0.502. The zero-order valence-electron chi connectivity index (χ0n) is 8.14. The number of imide groups is 1. The summed E-state index contributed by atoms with van der Waals surface area (Å²) >= 11 is 0. The molecule has 1 heterocycles. The topological polar surface area (TPSA) is 103 Å². The van der Waals surface area contributed by atoms with E-state index >= 15 is 0 Å². The van der Waals surface area contributed by atoms with Gasteiger partial charge in [0.05, 0.1) is 0 Å². The van der Waals surface area contributed by atoms with Crippen LogP contribution in [0.2, 0.25) is 0 Å². The Kier molecular flexibility index (Phi) is 2.12. The summed E-state index contributed by atoms with van der Waals surface area (Å²) in [6, 6.07) is 7.20. The van der Waals surface area contributed by atoms with Crippen molar-refractivity contribution < 1.29 is 14.4 Å². The fourth-order valence-electron chi connectivity index (χ4n) is 1.61. The molecule has 0 saturated carbocycles. The molecule has 1 aliphatic rings. The van der Waals surface area contributed by atoms with Crippen molar-refractivity contribution >= 4 is 17.8 Å². The number of benzene rings is 1. The number of nitrogens with zero attached hydrogens (tertiary/aromatic N) is 1. The lowest BCUT2D eigenvalue weighted by Gasteiger charge is -2.21. The number of carbonyl (C=O) groups is 3. The second-order valence-corrected chi connectivity index (χ2v) is 3.33. The van der Waals surface area contributed by atoms with Gasteiger partial charge in [0.1, 0.15) is 0 Å². The van der Waals surface area contributed by atoms with Gasteiger partial charge in [-0.25, -0.2) is 4.79 Å². The van der Waals surface area contributed by atoms with Crippen LogP contribution in [0.3, 0.4) is 0 Å². The number of rotatable bonds is 2. The van der Waals surface area contributed by atoms with Crippen LogP contribution in [-0.2, 0) is 15.1 Å². The Morgan fingerprint density at radius 2 is 1.88 bits per heavy atom. The number of nitrogens with two attached hydrogens (primary N) is 1. The SMILES string of the molecule is NC(=O)[C@@]1(c2ccccc2)NC(=O)[N]C1=O. The summed E-state index contributed by atoms with van der Waals surface area (Å²) in [4.78, 5) is 34.0. The predicted molar refractivity (Wildman–Crippen MR) is 53.0 cm³/mol. The number of hydrogen-bond donors (Lipinski definition) is 2. The van der Waals surface area contributed by atoms with Crippen molar-refractivity contribution in [1.82, 2.24) is 10.6 Å². The number of urea groups is 1. The Morgan fingerprint density at radius 1 is 1.25 bits per heavy atom. The maximum atomic E-state index is 11.6. The van der Waals surface area contributed by atoms with Gasteiger partial charge in [-0.05, 0) is 5.56 Å². The molecular weight excluding hydrogens is 210 g/mol. The van der Waals surface area contributed by atoms with Crippen LogP contribution in [0.4, 0.5) is 4.79 Å². The van der Waals surface area contributed by atoms with Gasteiger partial charge in [-0.3, -0.25) is 9.59 Å². The smallest absolute Gasteiger partial charge is 0.345 e. The van der Waals surface area contributed by atoms with Gasteiger partial charge >= 0.3 is 6.03 Å². The highest BCUT2D eigenvalue weighted by atomic mass is 16.2. The lowest BCUT2D eigenvalue weighted by Crippen LogP contribution is -2.54. The third-order valence-electron chi connectivity index (χ3n) is 2.39. The Balaban J connectivity index is 2.58. The summed E-state index contributed by atoms with van der Waals surface area (Å²) in [6.45, 7) is 0. The average Bonchev–Trinajstić information content (AvgIpc) is 2.56. The molecule has 1 atom stereocenters. The number of nitrogens with one attached hydrogen (secondary N) is 1. The van der Waals surface area contributed by atoms with Crippen LogP contribution in [0.25, 0.3) is 0 Å². The van der Waals surface area contributed by atoms with E-state index in [2.05, 4.69) is 10.6 Å². The van der Waals surface area contributed by atoms with Gasteiger partial charge in [-0.2, -0.15) is 5.32 Å². The molecule has 6 heteroatoms. The molecule has 4 amide bonds. The summed E-state index contributed by atoms with van der Waals surface area (Å²) in [6.07, 6.45) is 0. The van der Waals surface area contributed by atoms with Crippen LogP contribution in [0.15, 0.2) is 30.3 Å². The van der Waals surface area contributed by atoms with Crippen molar-refractivity contribution in [3.8, 4) is 0 Å². The van der Waals surface area contributed by atoms with Crippen LogP contribution in [0.1, 0.15) is 5.56 Å². The molecule has 1 saturated heterocycles. The highest BCUT2D eigenvalue weighted by Gasteiger charge is 2.54. The van der Waals surface area contributed by atoms with Crippen LogP contribution in [0.5, 0.6) is 0 Å². The van der Waals surface area contributed by atoms with E-state index in [0.29, 0.717) is 5.56 Å². The third-order valence-corrected chi connectivity index (χ3v) is 2.39. The monoisotopic (exact) mass is 218 g/mol. The first-order valence-corrected chi connectivity index (χ1v) is 4.51. The molecule has 81 valence electrons. The van der Waals surface area contributed by atoms with E-state index in [1.807, 2.05) is 0 Å². The number of primary amides is 1. The van der Waals surface area contributed by atoms with Crippen LogP contribution in [0, 0.1) is 0 Å². The number of carbonyl (C=O) groups excluding carboxylic acids is 3. The van der Waals surface area contributed by atoms with E-state index < -0.39 is 23.4 Å². The maximum Gasteiger partial charge on any atom is 0.345 e. The molecule has 1 aromatic carbocycles. The van der Waals surface area contributed by atoms with Crippen LogP contribution >= 0.6 is 0 Å². The largest absolute Gasteiger partial charge is 0.367 e. The molecule has 0 aromatic heterocycles. The van der Waals surface area contributed by atoms with Gasteiger partial charge in [-0.15, -0.1) is 0 Å². The van der Waals surface area contributed by atoms with Gasteiger partial charge in [0.2, 0.25) is 5.54 Å². The van der Waals surface area contributed by atoms with Crippen molar-refractivity contribution in [2.24, 2.45) is 5.73 Å². The van der Waals surface area contributed by atoms with E-state index in [9.17, 15) is 14.4 Å². The maximum absolute atomic E-state index is 11.6. The second-order valence-electron chi connectivity index (χ2n) is 3.33. The fourth-order valence-corrected chi connectivity index (χ4v) is 1.61. The molecule has 1 aliphatic heterocycles. The Bertz CT molecular complexity index is 471. The molecule has 3 N–H and O–H groups in total. The lowest BCUT2D eigenvalue weighted by atomic mass is 9.89. The first kappa shape index (κ1) is 10.2. The van der Waals surface area contributed by atoms with E-state index in [-0.39, 0.29) is 0 Å². The van der Waals surface area contributed by atoms with E-state index in [1.165, 1.54) is 12.1 Å². The fraction of sp³-hybridized carbons (Fsp3) is 0.100. The molecule has 0 aliphatic carbocycles. The van der Waals surface area contributed by atoms with Gasteiger partial charge in [0.25, 0.3) is 11.8 Å². The molecule has 2 rings (SSSR count). The van der Waals surface area contributed by atoms with Crippen molar-refractivity contribution in [3.63, 3.8) is 0 Å². The molecule has 1 radical (unpaired) electrons. The highest BCUT2D eigenvalue weighted by molar-refractivity contribution is 6.19. The molecule has 6 nitrogen and oxygen atoms in total. The Labute approximate surface area is 90.8 Å². The molecule has 0 bridgehead atoms. The van der Waals surface area contributed by atoms with Gasteiger partial charge in [-0.1, -0.05) is 30.3 Å². The summed E-state index contributed by atoms with van der Waals surface area (Å²) in [7, 11) is 0. The first-order valence-electron chi connectivity index (χ1n) is 4.51. The minimum absolute atomic E-state index is 0.308. The summed E-state index contributed by atoms with van der Waals surface area (Å²) < 4.78 is 0. The Hall–Kier alpha value is -2.37. The summed E-state index contributed by atoms with van der Waals surface area (Å²) in [5.41, 5.74) is 3.64. The zero-order chi connectivity index (χ0) is 11.8. The molecule has 16 heavy (non-hydrogen) atoms. The van der Waals surface area contributed by atoms with Gasteiger partial charge in [0.15, 0.2) is 0 Å². The minimum Gasteiger partial charge on any atom is -0.367 e. The van der Waals surface area contributed by atoms with Crippen LogP contribution in [-0.4, -0.2) is 17.8 Å². The molecular formula is C10H8N3O3. The van der Waals surface area contributed by atoms with Crippen molar-refractivity contribution in [2.45, 2.75) is 5.54 Å². The second kappa shape index (κ2) is 3.34. The van der Waals surface area contributed by atoms with Crippen LogP contribution < -0.4 is 16.4 Å². The third kappa shape index (κ3) is 1.23. The van der Waals surface area contributed by atoms with Crippen molar-refractivity contribution in [1.29, 1.82) is 0 Å². The van der Waals surface area contributed by atoms with E-state index in [4.69, 9.17) is 5.73 Å². The minimum atomic E-state index is -1.85. The number of hydrogen-bond acceptors (Lipinski definition) is 3. The molecule has 0 spiro atoms. The van der Waals surface area contributed by atoms with Crippen molar-refractivity contribution in [3.05, 3.63) is 35.9 Å². The Morgan fingerprint density at radius 3 is 2.31 bits per heavy atom.